The Morgan fingerprint density at radius 2 is 1.09 bits per heavy atom. The van der Waals surface area contributed by atoms with Crippen molar-refractivity contribution in [1.82, 2.24) is 10.6 Å². The van der Waals surface area contributed by atoms with Crippen LogP contribution in [0.2, 0.25) is 0 Å². The maximum atomic E-state index is 13.0. The zero-order valence-electron chi connectivity index (χ0n) is 22.7. The first kappa shape index (κ1) is 32.1. The lowest BCUT2D eigenvalue weighted by molar-refractivity contribution is -0.160. The van der Waals surface area contributed by atoms with Crippen molar-refractivity contribution in [3.8, 4) is 0 Å². The van der Waals surface area contributed by atoms with E-state index >= 15 is 0 Å². The van der Waals surface area contributed by atoms with Crippen molar-refractivity contribution in [3.05, 3.63) is 0 Å². The van der Waals surface area contributed by atoms with Crippen molar-refractivity contribution < 1.29 is 42.9 Å². The van der Waals surface area contributed by atoms with E-state index in [1.807, 2.05) is 0 Å². The van der Waals surface area contributed by atoms with E-state index in [2.05, 4.69) is 15.4 Å². The standard InChI is InChI=1S/C24H42N2O9/c1-22(2,3)33-18(28)14-12-16(20(30)34-23(4,5)6)25-19(29)15(11-13-17(27)32-10)26-21(31)35-24(7,8)9/h15-16H,11-14H2,1-10H3,(H,25,29)(H,26,31)/t15-,16-/m1/s1. The number of hydrogen-bond acceptors (Lipinski definition) is 9. The molecule has 0 aromatic carbocycles. The van der Waals surface area contributed by atoms with Gasteiger partial charge in [0.15, 0.2) is 0 Å². The van der Waals surface area contributed by atoms with Crippen LogP contribution in [0.25, 0.3) is 0 Å². The summed E-state index contributed by atoms with van der Waals surface area (Å²) in [6.07, 6.45) is -1.39. The van der Waals surface area contributed by atoms with Crippen molar-refractivity contribution in [2.24, 2.45) is 0 Å². The third-order valence-electron chi connectivity index (χ3n) is 3.94. The SMILES string of the molecule is COC(=O)CC[C@@H](NC(=O)OC(C)(C)C)C(=O)N[C@H](CCC(=O)OC(C)(C)C)C(=O)OC(C)(C)C. The Balaban J connectivity index is 5.60. The van der Waals surface area contributed by atoms with Gasteiger partial charge in [-0.05, 0) is 75.2 Å². The minimum atomic E-state index is -1.21. The molecule has 11 nitrogen and oxygen atoms in total. The molecular weight excluding hydrogens is 460 g/mol. The van der Waals surface area contributed by atoms with E-state index in [1.54, 1.807) is 62.3 Å². The number of methoxy groups -OCH3 is 1. The monoisotopic (exact) mass is 502 g/mol. The Morgan fingerprint density at radius 3 is 1.54 bits per heavy atom. The van der Waals surface area contributed by atoms with Gasteiger partial charge in [-0.15, -0.1) is 0 Å². The molecule has 0 aromatic heterocycles. The Morgan fingerprint density at radius 1 is 0.629 bits per heavy atom. The Labute approximate surface area is 207 Å². The highest BCUT2D eigenvalue weighted by molar-refractivity contribution is 5.90. The number of hydrogen-bond donors (Lipinski definition) is 2. The smallest absolute Gasteiger partial charge is 0.408 e. The number of alkyl carbamates (subject to hydrolysis) is 1. The number of rotatable bonds is 10. The van der Waals surface area contributed by atoms with Gasteiger partial charge in [0.05, 0.1) is 7.11 Å². The summed E-state index contributed by atoms with van der Waals surface area (Å²) < 4.78 is 20.5. The van der Waals surface area contributed by atoms with Gasteiger partial charge in [0, 0.05) is 12.8 Å². The average Bonchev–Trinajstić information content (AvgIpc) is 2.63. The third kappa shape index (κ3) is 16.4. The van der Waals surface area contributed by atoms with Gasteiger partial charge in [-0.2, -0.15) is 0 Å². The molecule has 0 rings (SSSR count). The third-order valence-corrected chi connectivity index (χ3v) is 3.94. The van der Waals surface area contributed by atoms with Crippen LogP contribution in [0.4, 0.5) is 4.79 Å². The maximum Gasteiger partial charge on any atom is 0.408 e. The molecule has 0 radical (unpaired) electrons. The normalized spacial score (nSPS) is 13.7. The van der Waals surface area contributed by atoms with Crippen molar-refractivity contribution in [1.29, 1.82) is 0 Å². The highest BCUT2D eigenvalue weighted by Crippen LogP contribution is 2.14. The van der Waals surface area contributed by atoms with Gasteiger partial charge in [-0.3, -0.25) is 14.4 Å². The van der Waals surface area contributed by atoms with Crippen LogP contribution in [-0.2, 0) is 38.1 Å². The minimum absolute atomic E-state index is 0.0915. The number of esters is 3. The van der Waals surface area contributed by atoms with Gasteiger partial charge < -0.3 is 29.6 Å². The number of carbonyl (C=O) groups excluding carboxylic acids is 5. The van der Waals surface area contributed by atoms with Crippen LogP contribution in [0.5, 0.6) is 0 Å². The minimum Gasteiger partial charge on any atom is -0.469 e. The van der Waals surface area contributed by atoms with Gasteiger partial charge in [0.1, 0.15) is 28.9 Å². The Bertz CT molecular complexity index is 758. The molecule has 0 saturated heterocycles. The summed E-state index contributed by atoms with van der Waals surface area (Å²) in [5.74, 6) is -2.63. The molecule has 35 heavy (non-hydrogen) atoms. The molecule has 2 N–H and O–H groups in total. The van der Waals surface area contributed by atoms with E-state index < -0.39 is 58.8 Å². The fourth-order valence-electron chi connectivity index (χ4n) is 2.63. The van der Waals surface area contributed by atoms with Crippen LogP contribution in [0.15, 0.2) is 0 Å². The maximum absolute atomic E-state index is 13.0. The fraction of sp³-hybridized carbons (Fsp3) is 0.792. The van der Waals surface area contributed by atoms with Crippen LogP contribution in [0.3, 0.4) is 0 Å². The van der Waals surface area contributed by atoms with Gasteiger partial charge in [-0.1, -0.05) is 0 Å². The molecule has 0 saturated carbocycles. The van der Waals surface area contributed by atoms with Crippen LogP contribution in [-0.4, -0.2) is 65.9 Å². The molecule has 0 bridgehead atoms. The molecular formula is C24H42N2O9. The van der Waals surface area contributed by atoms with Gasteiger partial charge >= 0.3 is 24.0 Å². The molecule has 11 heteroatoms. The lowest BCUT2D eigenvalue weighted by Crippen LogP contribution is -2.53. The van der Waals surface area contributed by atoms with Crippen LogP contribution >= 0.6 is 0 Å². The second kappa shape index (κ2) is 13.3. The predicted molar refractivity (Wildman–Crippen MR) is 127 cm³/mol. The summed E-state index contributed by atoms with van der Waals surface area (Å²) in [5.41, 5.74) is -2.37. The van der Waals surface area contributed by atoms with E-state index in [4.69, 9.17) is 14.2 Å². The lowest BCUT2D eigenvalue weighted by Gasteiger charge is -2.27. The summed E-state index contributed by atoms with van der Waals surface area (Å²) in [5, 5.41) is 4.94. The van der Waals surface area contributed by atoms with E-state index in [9.17, 15) is 24.0 Å². The van der Waals surface area contributed by atoms with E-state index in [-0.39, 0.29) is 25.7 Å². The van der Waals surface area contributed by atoms with Crippen LogP contribution in [0, 0.1) is 0 Å². The average molecular weight is 503 g/mol. The molecule has 2 atom stereocenters. The van der Waals surface area contributed by atoms with E-state index in [1.165, 1.54) is 7.11 Å². The lowest BCUT2D eigenvalue weighted by atomic mass is 10.1. The van der Waals surface area contributed by atoms with E-state index in [0.717, 1.165) is 0 Å². The van der Waals surface area contributed by atoms with Gasteiger partial charge in [0.2, 0.25) is 5.91 Å². The largest absolute Gasteiger partial charge is 0.469 e. The van der Waals surface area contributed by atoms with Gasteiger partial charge in [0.25, 0.3) is 0 Å². The van der Waals surface area contributed by atoms with Crippen molar-refractivity contribution in [2.45, 2.75) is 117 Å². The molecule has 0 aliphatic heterocycles. The summed E-state index contributed by atoms with van der Waals surface area (Å²) in [6.45, 7) is 15.1. The molecule has 0 heterocycles. The molecule has 0 spiro atoms. The van der Waals surface area contributed by atoms with Gasteiger partial charge in [-0.25, -0.2) is 9.59 Å². The van der Waals surface area contributed by atoms with Crippen molar-refractivity contribution in [2.75, 3.05) is 7.11 Å². The molecule has 0 aromatic rings. The summed E-state index contributed by atoms with van der Waals surface area (Å²) in [6, 6.07) is -2.41. The van der Waals surface area contributed by atoms with Crippen LogP contribution < -0.4 is 10.6 Å². The first-order valence-electron chi connectivity index (χ1n) is 11.5. The molecule has 0 aliphatic carbocycles. The first-order valence-corrected chi connectivity index (χ1v) is 11.5. The zero-order valence-corrected chi connectivity index (χ0v) is 22.7. The predicted octanol–water partition coefficient (Wildman–Crippen LogP) is 2.78. The quantitative estimate of drug-likeness (QED) is 0.340. The zero-order chi connectivity index (χ0) is 27.6. The van der Waals surface area contributed by atoms with E-state index in [0.29, 0.717) is 0 Å². The second-order valence-electron chi connectivity index (χ2n) is 11.0. The highest BCUT2D eigenvalue weighted by atomic mass is 16.6. The number of carbonyl (C=O) groups is 5. The summed E-state index contributed by atoms with van der Waals surface area (Å²) in [4.78, 5) is 61.8. The fourth-order valence-corrected chi connectivity index (χ4v) is 2.63. The molecule has 0 aliphatic rings. The topological polar surface area (TPSA) is 146 Å². The Kier molecular flexibility index (Phi) is 12.2. The molecule has 202 valence electrons. The molecule has 2 amide bonds. The second-order valence-corrected chi connectivity index (χ2v) is 11.0. The number of amides is 2. The number of ether oxygens (including phenoxy) is 4. The molecule has 0 unspecified atom stereocenters. The van der Waals surface area contributed by atoms with Crippen molar-refractivity contribution >= 4 is 29.9 Å². The Hall–Kier alpha value is -2.85. The first-order chi connectivity index (χ1) is 15.7. The van der Waals surface area contributed by atoms with Crippen molar-refractivity contribution in [3.63, 3.8) is 0 Å². The summed E-state index contributed by atoms with van der Waals surface area (Å²) in [7, 11) is 1.20. The highest BCUT2D eigenvalue weighted by Gasteiger charge is 2.32. The summed E-state index contributed by atoms with van der Waals surface area (Å²) >= 11 is 0. The molecule has 0 fully saturated rings. The van der Waals surface area contributed by atoms with Crippen LogP contribution in [0.1, 0.15) is 88.0 Å². The number of nitrogens with one attached hydrogen (secondary N) is 2.